The minimum atomic E-state index is -0.281. The number of carbonyl (C=O) groups is 1. The summed E-state index contributed by atoms with van der Waals surface area (Å²) in [6.07, 6.45) is 4.71. The first-order valence-electron chi connectivity index (χ1n) is 5.84. The fourth-order valence-electron chi connectivity index (χ4n) is 1.88. The summed E-state index contributed by atoms with van der Waals surface area (Å²) in [6.45, 7) is 0. The van der Waals surface area contributed by atoms with Gasteiger partial charge in [0.1, 0.15) is 17.6 Å². The molecule has 3 heterocycles. The monoisotopic (exact) mass is 266 g/mol. The maximum atomic E-state index is 12.0. The van der Waals surface area contributed by atoms with Crippen molar-refractivity contribution in [2.75, 3.05) is 5.32 Å². The van der Waals surface area contributed by atoms with Crippen molar-refractivity contribution < 1.29 is 4.79 Å². The molecule has 7 nitrogen and oxygen atoms in total. The van der Waals surface area contributed by atoms with Crippen LogP contribution in [0.4, 0.5) is 5.82 Å². The van der Waals surface area contributed by atoms with E-state index >= 15 is 0 Å². The molecule has 0 aromatic carbocycles. The normalized spacial score (nSPS) is 10.4. The van der Waals surface area contributed by atoms with Crippen LogP contribution < -0.4 is 5.32 Å². The summed E-state index contributed by atoms with van der Waals surface area (Å²) < 4.78 is 1.55. The van der Waals surface area contributed by atoms with E-state index in [0.717, 1.165) is 10.9 Å². The van der Waals surface area contributed by atoms with Crippen molar-refractivity contribution in [2.24, 2.45) is 7.05 Å². The molecular weight excluding hydrogens is 256 g/mol. The first kappa shape index (κ1) is 11.9. The molecule has 98 valence electrons. The zero-order valence-electron chi connectivity index (χ0n) is 10.6. The number of nitrogens with one attached hydrogen (secondary N) is 2. The van der Waals surface area contributed by atoms with Gasteiger partial charge in [0, 0.05) is 30.9 Å². The number of carbonyl (C=O) groups excluding carboxylic acids is 1. The number of rotatable bonds is 2. The van der Waals surface area contributed by atoms with E-state index in [0.29, 0.717) is 17.1 Å². The van der Waals surface area contributed by atoms with Crippen molar-refractivity contribution in [3.05, 3.63) is 42.0 Å². The molecule has 0 atom stereocenters. The molecule has 0 saturated heterocycles. The Labute approximate surface area is 113 Å². The molecule has 0 aliphatic carbocycles. The number of aromatic amines is 1. The Bertz CT molecular complexity index is 838. The van der Waals surface area contributed by atoms with Crippen LogP contribution in [-0.4, -0.2) is 25.7 Å². The van der Waals surface area contributed by atoms with E-state index in [1.165, 1.54) is 6.20 Å². The lowest BCUT2D eigenvalue weighted by atomic mass is 10.3. The maximum Gasteiger partial charge on any atom is 0.260 e. The number of hydrogen-bond donors (Lipinski definition) is 2. The highest BCUT2D eigenvalue weighted by atomic mass is 16.1. The fourth-order valence-corrected chi connectivity index (χ4v) is 1.88. The Morgan fingerprint density at radius 3 is 3.00 bits per heavy atom. The second-order valence-electron chi connectivity index (χ2n) is 4.31. The molecule has 1 amide bonds. The standard InChI is InChI=1S/C13H10N6O/c1-19-7-9(6-16-19)13(20)18-12-3-11-8(5-15-12)2-10(4-14)17-11/h2-3,5-7,17H,1H3,(H,15,18,20). The lowest BCUT2D eigenvalue weighted by Crippen LogP contribution is -2.12. The predicted octanol–water partition coefficient (Wildman–Crippen LogP) is 1.42. The van der Waals surface area contributed by atoms with Crippen molar-refractivity contribution in [3.63, 3.8) is 0 Å². The molecular formula is C13H10N6O. The number of aromatic nitrogens is 4. The van der Waals surface area contributed by atoms with Crippen LogP contribution in [0.15, 0.2) is 30.7 Å². The number of nitriles is 1. The molecule has 0 radical (unpaired) electrons. The summed E-state index contributed by atoms with van der Waals surface area (Å²) in [5, 5.41) is 16.3. The van der Waals surface area contributed by atoms with Gasteiger partial charge in [-0.25, -0.2) is 4.98 Å². The molecule has 0 saturated carbocycles. The quantitative estimate of drug-likeness (QED) is 0.732. The zero-order valence-corrected chi connectivity index (χ0v) is 10.6. The third-order valence-corrected chi connectivity index (χ3v) is 2.83. The number of hydrogen-bond acceptors (Lipinski definition) is 4. The van der Waals surface area contributed by atoms with E-state index in [1.54, 1.807) is 36.3 Å². The minimum Gasteiger partial charge on any atom is -0.346 e. The predicted molar refractivity (Wildman–Crippen MR) is 72.0 cm³/mol. The SMILES string of the molecule is Cn1cc(C(=O)Nc2cc3[nH]c(C#N)cc3cn2)cn1. The third kappa shape index (κ3) is 2.10. The van der Waals surface area contributed by atoms with Crippen molar-refractivity contribution >= 4 is 22.6 Å². The van der Waals surface area contributed by atoms with Gasteiger partial charge in [-0.05, 0) is 6.07 Å². The van der Waals surface area contributed by atoms with Crippen LogP contribution in [0, 0.1) is 11.3 Å². The second kappa shape index (κ2) is 4.51. The van der Waals surface area contributed by atoms with Gasteiger partial charge in [0.15, 0.2) is 0 Å². The summed E-state index contributed by atoms with van der Waals surface area (Å²) in [5.41, 5.74) is 1.66. The van der Waals surface area contributed by atoms with E-state index < -0.39 is 0 Å². The number of amides is 1. The van der Waals surface area contributed by atoms with E-state index in [1.807, 2.05) is 6.07 Å². The van der Waals surface area contributed by atoms with Crippen LogP contribution in [0.2, 0.25) is 0 Å². The van der Waals surface area contributed by atoms with Crippen molar-refractivity contribution in [1.82, 2.24) is 19.7 Å². The molecule has 3 rings (SSSR count). The van der Waals surface area contributed by atoms with Crippen LogP contribution in [0.1, 0.15) is 16.1 Å². The summed E-state index contributed by atoms with van der Waals surface area (Å²) >= 11 is 0. The van der Waals surface area contributed by atoms with Crippen molar-refractivity contribution in [1.29, 1.82) is 5.26 Å². The van der Waals surface area contributed by atoms with E-state index in [9.17, 15) is 4.79 Å². The Balaban J connectivity index is 1.87. The topological polar surface area (TPSA) is 99.4 Å². The first-order valence-corrected chi connectivity index (χ1v) is 5.84. The van der Waals surface area contributed by atoms with Gasteiger partial charge in [-0.1, -0.05) is 0 Å². The molecule has 20 heavy (non-hydrogen) atoms. The van der Waals surface area contributed by atoms with Crippen LogP contribution in [0.25, 0.3) is 10.9 Å². The van der Waals surface area contributed by atoms with Crippen LogP contribution in [0.3, 0.4) is 0 Å². The number of nitrogens with zero attached hydrogens (tertiary/aromatic N) is 4. The van der Waals surface area contributed by atoms with Gasteiger partial charge in [0.2, 0.25) is 0 Å². The number of anilines is 1. The zero-order chi connectivity index (χ0) is 14.1. The van der Waals surface area contributed by atoms with E-state index in [2.05, 4.69) is 20.4 Å². The summed E-state index contributed by atoms with van der Waals surface area (Å²) in [7, 11) is 1.74. The van der Waals surface area contributed by atoms with E-state index in [4.69, 9.17) is 5.26 Å². The van der Waals surface area contributed by atoms with Crippen LogP contribution in [0.5, 0.6) is 0 Å². The van der Waals surface area contributed by atoms with E-state index in [-0.39, 0.29) is 5.91 Å². The third-order valence-electron chi connectivity index (χ3n) is 2.83. The minimum absolute atomic E-state index is 0.281. The first-order chi connectivity index (χ1) is 9.65. The lowest BCUT2D eigenvalue weighted by molar-refractivity contribution is 0.102. The van der Waals surface area contributed by atoms with Gasteiger partial charge in [-0.2, -0.15) is 10.4 Å². The number of pyridine rings is 1. The van der Waals surface area contributed by atoms with Crippen molar-refractivity contribution in [3.8, 4) is 6.07 Å². The Hall–Kier alpha value is -3.14. The van der Waals surface area contributed by atoms with Crippen LogP contribution in [-0.2, 0) is 7.05 Å². The largest absolute Gasteiger partial charge is 0.346 e. The highest BCUT2D eigenvalue weighted by molar-refractivity contribution is 6.04. The number of aryl methyl sites for hydroxylation is 1. The molecule has 7 heteroatoms. The average Bonchev–Trinajstić information content (AvgIpc) is 3.03. The summed E-state index contributed by atoms with van der Waals surface area (Å²) in [6, 6.07) is 5.41. The van der Waals surface area contributed by atoms with Gasteiger partial charge in [-0.3, -0.25) is 9.48 Å². The van der Waals surface area contributed by atoms with Gasteiger partial charge in [0.05, 0.1) is 17.3 Å². The van der Waals surface area contributed by atoms with Gasteiger partial charge in [-0.15, -0.1) is 0 Å². The number of fused-ring (bicyclic) bond motifs is 1. The summed E-state index contributed by atoms with van der Waals surface area (Å²) in [5.74, 6) is 0.134. The average molecular weight is 266 g/mol. The highest BCUT2D eigenvalue weighted by Crippen LogP contribution is 2.17. The fraction of sp³-hybridized carbons (Fsp3) is 0.0769. The van der Waals surface area contributed by atoms with Crippen LogP contribution >= 0.6 is 0 Å². The molecule has 0 fully saturated rings. The molecule has 0 spiro atoms. The number of H-pyrrole nitrogens is 1. The molecule has 3 aromatic heterocycles. The lowest BCUT2D eigenvalue weighted by Gasteiger charge is -2.02. The Morgan fingerprint density at radius 1 is 1.45 bits per heavy atom. The molecule has 2 N–H and O–H groups in total. The molecule has 3 aromatic rings. The van der Waals surface area contributed by atoms with Crippen molar-refractivity contribution in [2.45, 2.75) is 0 Å². The molecule has 0 aliphatic rings. The van der Waals surface area contributed by atoms with Gasteiger partial charge in [0.25, 0.3) is 5.91 Å². The van der Waals surface area contributed by atoms with Gasteiger partial charge >= 0.3 is 0 Å². The Morgan fingerprint density at radius 2 is 2.30 bits per heavy atom. The second-order valence-corrected chi connectivity index (χ2v) is 4.31. The van der Waals surface area contributed by atoms with Gasteiger partial charge < -0.3 is 10.3 Å². The maximum absolute atomic E-state index is 12.0. The highest BCUT2D eigenvalue weighted by Gasteiger charge is 2.10. The summed E-state index contributed by atoms with van der Waals surface area (Å²) in [4.78, 5) is 19.0. The smallest absolute Gasteiger partial charge is 0.260 e. The molecule has 0 bridgehead atoms. The molecule has 0 aliphatic heterocycles. The molecule has 0 unspecified atom stereocenters. The Kier molecular flexibility index (Phi) is 2.69.